The fourth-order valence-electron chi connectivity index (χ4n) is 6.44. The maximum absolute atomic E-state index is 10.9. The summed E-state index contributed by atoms with van der Waals surface area (Å²) in [6.45, 7) is 4.51. The van der Waals surface area contributed by atoms with Gasteiger partial charge in [-0.2, -0.15) is 0 Å². The predicted molar refractivity (Wildman–Crippen MR) is 105 cm³/mol. The van der Waals surface area contributed by atoms with E-state index in [-0.39, 0.29) is 17.6 Å². The van der Waals surface area contributed by atoms with Crippen LogP contribution in [0.3, 0.4) is 0 Å². The van der Waals surface area contributed by atoms with Crippen molar-refractivity contribution in [2.24, 2.45) is 17.8 Å². The molecule has 4 aliphatic heterocycles. The van der Waals surface area contributed by atoms with Crippen LogP contribution in [0.1, 0.15) is 39.0 Å². The molecule has 5 rings (SSSR count). The number of nitrogens with one attached hydrogen (secondary N) is 2. The van der Waals surface area contributed by atoms with Crippen molar-refractivity contribution in [1.29, 1.82) is 0 Å². The van der Waals surface area contributed by atoms with Crippen LogP contribution >= 0.6 is 11.6 Å². The summed E-state index contributed by atoms with van der Waals surface area (Å²) in [4.78, 5) is 2.21. The largest absolute Gasteiger partial charge is 0.387 e. The topological polar surface area (TPSA) is 86.2 Å². The van der Waals surface area contributed by atoms with Crippen LogP contribution in [-0.2, 0) is 9.47 Å². The second-order valence-corrected chi connectivity index (χ2v) is 10.1. The highest BCUT2D eigenvalue weighted by molar-refractivity contribution is 6.20. The molecule has 4 N–H and O–H groups in total. The summed E-state index contributed by atoms with van der Waals surface area (Å²) in [5, 5.41) is 29.0. The number of aliphatic hydroxyl groups excluding tert-OH is 2. The highest BCUT2D eigenvalue weighted by Gasteiger charge is 2.55. The van der Waals surface area contributed by atoms with Gasteiger partial charge < -0.3 is 25.0 Å². The number of likely N-dealkylation sites (tertiary alicyclic amines) is 1. The fourth-order valence-corrected chi connectivity index (χ4v) is 6.79. The zero-order valence-corrected chi connectivity index (χ0v) is 17.3. The highest BCUT2D eigenvalue weighted by atomic mass is 35.5. The summed E-state index contributed by atoms with van der Waals surface area (Å²) in [5.41, 5.74) is 0. The molecule has 5 fully saturated rings. The lowest BCUT2D eigenvalue weighted by atomic mass is 9.71. The number of hydrogen-bond donors (Lipinski definition) is 4. The van der Waals surface area contributed by atoms with Crippen LogP contribution in [0.2, 0.25) is 0 Å². The Balaban J connectivity index is 1.31. The van der Waals surface area contributed by atoms with Gasteiger partial charge in [0, 0.05) is 37.2 Å². The number of halogens is 1. The first-order valence-electron chi connectivity index (χ1n) is 11.0. The van der Waals surface area contributed by atoms with E-state index in [4.69, 9.17) is 21.1 Å². The van der Waals surface area contributed by atoms with Crippen molar-refractivity contribution in [3.05, 3.63) is 0 Å². The van der Waals surface area contributed by atoms with Crippen molar-refractivity contribution in [3.8, 4) is 0 Å². The van der Waals surface area contributed by atoms with Crippen LogP contribution in [0.25, 0.3) is 0 Å². The highest BCUT2D eigenvalue weighted by Crippen LogP contribution is 2.44. The lowest BCUT2D eigenvalue weighted by Gasteiger charge is -2.45. The number of aliphatic hydroxyl groups is 2. The monoisotopic (exact) mass is 415 g/mol. The van der Waals surface area contributed by atoms with Gasteiger partial charge in [-0.1, -0.05) is 0 Å². The summed E-state index contributed by atoms with van der Waals surface area (Å²) in [6, 6.07) is 0.434. The predicted octanol–water partition coefficient (Wildman–Crippen LogP) is 0.433. The Bertz CT molecular complexity index is 572. The number of rotatable bonds is 2. The molecule has 0 bridgehead atoms. The van der Waals surface area contributed by atoms with Gasteiger partial charge in [0.2, 0.25) is 0 Å². The van der Waals surface area contributed by atoms with Crippen LogP contribution < -0.4 is 10.6 Å². The van der Waals surface area contributed by atoms with E-state index in [1.165, 1.54) is 0 Å². The van der Waals surface area contributed by atoms with Crippen molar-refractivity contribution < 1.29 is 19.7 Å². The van der Waals surface area contributed by atoms with Crippen LogP contribution in [0.15, 0.2) is 0 Å². The Hall–Kier alpha value is 0.01000. The minimum absolute atomic E-state index is 0.157. The molecule has 0 aromatic carbocycles. The van der Waals surface area contributed by atoms with Crippen molar-refractivity contribution in [1.82, 2.24) is 15.5 Å². The third kappa shape index (κ3) is 3.32. The molecule has 0 aromatic rings. The molecule has 160 valence electrons. The lowest BCUT2D eigenvalue weighted by Crippen LogP contribution is -2.61. The molecule has 8 heteroatoms. The molecule has 28 heavy (non-hydrogen) atoms. The number of hydrogen-bond acceptors (Lipinski definition) is 7. The quantitative estimate of drug-likeness (QED) is 0.487. The summed E-state index contributed by atoms with van der Waals surface area (Å²) in [5.74, 6) is 1.37. The molecular formula is C20H34ClN3O4. The summed E-state index contributed by atoms with van der Waals surface area (Å²) in [6.07, 6.45) is 2.34. The van der Waals surface area contributed by atoms with E-state index in [2.05, 4.69) is 22.5 Å². The van der Waals surface area contributed by atoms with Gasteiger partial charge in [-0.3, -0.25) is 10.2 Å². The Morgan fingerprint density at radius 1 is 1.00 bits per heavy atom. The van der Waals surface area contributed by atoms with Crippen molar-refractivity contribution >= 4 is 11.6 Å². The van der Waals surface area contributed by atoms with E-state index < -0.39 is 24.5 Å². The fraction of sp³-hybridized carbons (Fsp3) is 1.00. The molecule has 0 radical (unpaired) electrons. The maximum Gasteiger partial charge on any atom is 0.141 e. The van der Waals surface area contributed by atoms with E-state index >= 15 is 0 Å². The molecule has 0 spiro atoms. The van der Waals surface area contributed by atoms with Crippen LogP contribution in [0.4, 0.5) is 0 Å². The summed E-state index contributed by atoms with van der Waals surface area (Å²) >= 11 is 6.40. The summed E-state index contributed by atoms with van der Waals surface area (Å²) < 4.78 is 12.5. The first kappa shape index (κ1) is 19.9. The average Bonchev–Trinajstić information content (AvgIpc) is 3.24. The Labute approximate surface area is 172 Å². The maximum atomic E-state index is 10.9. The number of nitrogens with zero attached hydrogens (tertiary/aromatic N) is 1. The second-order valence-electron chi connectivity index (χ2n) is 9.44. The average molecular weight is 416 g/mol. The zero-order valence-electron chi connectivity index (χ0n) is 16.5. The van der Waals surface area contributed by atoms with Gasteiger partial charge in [0.15, 0.2) is 0 Å². The van der Waals surface area contributed by atoms with Crippen molar-refractivity contribution in [3.63, 3.8) is 0 Å². The number of ether oxygens (including phenoxy) is 2. The standard InChI is InChI=1S/C20H34ClN3O4/c1-10-13-4-6-24(19(13)23-9-22-10)20-16(26)15(25)18(28-20)17-14-3-2-12(21)8-11(14)5-7-27-17/h10-20,22-23,25-26H,2-9H2,1H3/t10?,11?,12?,13?,14?,15-,16+,17-,18-,19?,20+/m0/s1. The molecule has 0 aromatic heterocycles. The van der Waals surface area contributed by atoms with Crippen LogP contribution in [-0.4, -0.2) is 83.2 Å². The van der Waals surface area contributed by atoms with Gasteiger partial charge in [0.1, 0.15) is 24.5 Å². The molecule has 1 saturated carbocycles. The molecular weight excluding hydrogens is 382 g/mol. The molecule has 0 amide bonds. The lowest BCUT2D eigenvalue weighted by molar-refractivity contribution is -0.174. The number of fused-ring (bicyclic) bond motifs is 2. The van der Waals surface area contributed by atoms with Crippen molar-refractivity contribution in [2.45, 2.75) is 87.3 Å². The molecule has 5 aliphatic rings. The first-order chi connectivity index (χ1) is 13.5. The van der Waals surface area contributed by atoms with Crippen LogP contribution in [0.5, 0.6) is 0 Å². The molecule has 4 saturated heterocycles. The van der Waals surface area contributed by atoms with Crippen molar-refractivity contribution in [2.75, 3.05) is 19.8 Å². The van der Waals surface area contributed by atoms with Gasteiger partial charge in [0.05, 0.1) is 12.3 Å². The Kier molecular flexibility index (Phi) is 5.65. The van der Waals surface area contributed by atoms with Gasteiger partial charge in [-0.15, -0.1) is 11.6 Å². The minimum Gasteiger partial charge on any atom is -0.387 e. The first-order valence-corrected chi connectivity index (χ1v) is 11.5. The molecule has 11 atom stereocenters. The van der Waals surface area contributed by atoms with Gasteiger partial charge in [0.25, 0.3) is 0 Å². The van der Waals surface area contributed by atoms with E-state index in [9.17, 15) is 10.2 Å². The smallest absolute Gasteiger partial charge is 0.141 e. The zero-order chi connectivity index (χ0) is 19.4. The Morgan fingerprint density at radius 3 is 2.71 bits per heavy atom. The second kappa shape index (κ2) is 7.93. The third-order valence-corrected chi connectivity index (χ3v) is 8.38. The third-order valence-electron chi connectivity index (χ3n) is 7.99. The number of alkyl halides is 1. The summed E-state index contributed by atoms with van der Waals surface area (Å²) in [7, 11) is 0. The Morgan fingerprint density at radius 2 is 1.86 bits per heavy atom. The molecule has 1 aliphatic carbocycles. The SMILES string of the molecule is CC1NCNC2C1CCN2[C@@H]1O[C@H]([C@H]2OCCC3CC(Cl)CCC32)[C@@H](O)[C@H]1O. The molecule has 4 heterocycles. The van der Waals surface area contributed by atoms with Gasteiger partial charge in [-0.05, 0) is 50.9 Å². The van der Waals surface area contributed by atoms with E-state index in [0.717, 1.165) is 45.3 Å². The van der Waals surface area contributed by atoms with Gasteiger partial charge in [-0.25, -0.2) is 0 Å². The van der Waals surface area contributed by atoms with E-state index in [1.54, 1.807) is 0 Å². The minimum atomic E-state index is -0.916. The molecule has 6 unspecified atom stereocenters. The molecule has 7 nitrogen and oxygen atoms in total. The normalized spacial score (nSPS) is 55.1. The van der Waals surface area contributed by atoms with E-state index in [1.807, 2.05) is 0 Å². The van der Waals surface area contributed by atoms with Crippen LogP contribution in [0, 0.1) is 17.8 Å². The van der Waals surface area contributed by atoms with Gasteiger partial charge >= 0.3 is 0 Å². The van der Waals surface area contributed by atoms with E-state index in [0.29, 0.717) is 30.4 Å².